The molecule has 0 saturated heterocycles. The van der Waals surface area contributed by atoms with Crippen molar-refractivity contribution in [1.82, 2.24) is 4.90 Å². The summed E-state index contributed by atoms with van der Waals surface area (Å²) in [5.74, 6) is 1.12. The highest BCUT2D eigenvalue weighted by atomic mass is 19.1. The third kappa shape index (κ3) is 5.18. The number of halogens is 1. The normalized spacial score (nSPS) is 10.0. The number of urea groups is 1. The van der Waals surface area contributed by atoms with Crippen molar-refractivity contribution in [1.29, 1.82) is 0 Å². The molecule has 0 aliphatic carbocycles. The maximum absolute atomic E-state index is 12.8. The largest absolute Gasteiger partial charge is 0.497 e. The van der Waals surface area contributed by atoms with Crippen molar-refractivity contribution in [3.63, 3.8) is 0 Å². The SMILES string of the molecule is COc1ccc(OCCN(C)C(=O)Nc2ccc(F)cc2)cc1. The standard InChI is InChI=1S/C17H19FN2O3/c1-20(17(21)19-14-5-3-13(18)4-6-14)11-12-23-16-9-7-15(22-2)8-10-16/h3-10H,11-12H2,1-2H3,(H,19,21). The molecule has 1 N–H and O–H groups in total. The molecule has 23 heavy (non-hydrogen) atoms. The first-order valence-corrected chi connectivity index (χ1v) is 7.13. The van der Waals surface area contributed by atoms with Crippen molar-refractivity contribution in [3.8, 4) is 11.5 Å². The summed E-state index contributed by atoms with van der Waals surface area (Å²) in [4.78, 5) is 13.5. The van der Waals surface area contributed by atoms with Crippen molar-refractivity contribution < 1.29 is 18.7 Å². The number of likely N-dealkylation sites (N-methyl/N-ethyl adjacent to an activating group) is 1. The lowest BCUT2D eigenvalue weighted by Crippen LogP contribution is -2.34. The lowest BCUT2D eigenvalue weighted by molar-refractivity contribution is 0.207. The molecule has 2 aromatic carbocycles. The fourth-order valence-corrected chi connectivity index (χ4v) is 1.83. The van der Waals surface area contributed by atoms with Crippen molar-refractivity contribution >= 4 is 11.7 Å². The Bertz CT molecular complexity index is 629. The molecule has 0 spiro atoms. The fourth-order valence-electron chi connectivity index (χ4n) is 1.83. The van der Waals surface area contributed by atoms with E-state index in [0.717, 1.165) is 5.75 Å². The second-order valence-electron chi connectivity index (χ2n) is 4.88. The van der Waals surface area contributed by atoms with E-state index in [1.165, 1.54) is 29.2 Å². The molecule has 0 heterocycles. The van der Waals surface area contributed by atoms with Crippen LogP contribution in [-0.4, -0.2) is 38.2 Å². The van der Waals surface area contributed by atoms with Crippen molar-refractivity contribution in [2.24, 2.45) is 0 Å². The summed E-state index contributed by atoms with van der Waals surface area (Å²) in [7, 11) is 3.26. The topological polar surface area (TPSA) is 50.8 Å². The minimum absolute atomic E-state index is 0.282. The van der Waals surface area contributed by atoms with Crippen LogP contribution in [0.1, 0.15) is 0 Å². The number of nitrogens with one attached hydrogen (secondary N) is 1. The monoisotopic (exact) mass is 318 g/mol. The zero-order valence-electron chi connectivity index (χ0n) is 13.1. The van der Waals surface area contributed by atoms with Gasteiger partial charge in [0.15, 0.2) is 0 Å². The van der Waals surface area contributed by atoms with Gasteiger partial charge in [-0.3, -0.25) is 0 Å². The molecule has 0 aliphatic heterocycles. The molecule has 0 bridgehead atoms. The summed E-state index contributed by atoms with van der Waals surface area (Å²) in [5.41, 5.74) is 0.541. The molecule has 6 heteroatoms. The summed E-state index contributed by atoms with van der Waals surface area (Å²) in [6, 6.07) is 12.5. The van der Waals surface area contributed by atoms with Gasteiger partial charge in [-0.2, -0.15) is 0 Å². The molecule has 2 amide bonds. The van der Waals surface area contributed by atoms with Gasteiger partial charge in [-0.25, -0.2) is 9.18 Å². The molecule has 0 atom stereocenters. The second kappa shape index (κ2) is 8.03. The Balaban J connectivity index is 1.75. The summed E-state index contributed by atoms with van der Waals surface area (Å²) in [5, 5.41) is 2.68. The highest BCUT2D eigenvalue weighted by molar-refractivity contribution is 5.89. The van der Waals surface area contributed by atoms with Gasteiger partial charge in [0.25, 0.3) is 0 Å². The van der Waals surface area contributed by atoms with E-state index in [1.54, 1.807) is 38.4 Å². The van der Waals surface area contributed by atoms with Gasteiger partial charge in [0.1, 0.15) is 23.9 Å². The van der Waals surface area contributed by atoms with Gasteiger partial charge in [-0.1, -0.05) is 0 Å². The van der Waals surface area contributed by atoms with E-state index in [0.29, 0.717) is 24.6 Å². The molecule has 5 nitrogen and oxygen atoms in total. The molecular weight excluding hydrogens is 299 g/mol. The minimum atomic E-state index is -0.343. The van der Waals surface area contributed by atoms with Gasteiger partial charge in [-0.05, 0) is 48.5 Å². The van der Waals surface area contributed by atoms with Gasteiger partial charge in [0.2, 0.25) is 0 Å². The van der Waals surface area contributed by atoms with E-state index in [2.05, 4.69) is 5.32 Å². The lowest BCUT2D eigenvalue weighted by Gasteiger charge is -2.18. The number of carbonyl (C=O) groups excluding carboxylic acids is 1. The lowest BCUT2D eigenvalue weighted by atomic mass is 10.3. The third-order valence-electron chi connectivity index (χ3n) is 3.20. The number of carbonyl (C=O) groups is 1. The average molecular weight is 318 g/mol. The second-order valence-corrected chi connectivity index (χ2v) is 4.88. The number of anilines is 1. The van der Waals surface area contributed by atoms with E-state index >= 15 is 0 Å². The quantitative estimate of drug-likeness (QED) is 0.888. The van der Waals surface area contributed by atoms with Crippen LogP contribution in [0.4, 0.5) is 14.9 Å². The summed E-state index contributed by atoms with van der Waals surface area (Å²) < 4.78 is 23.4. The van der Waals surface area contributed by atoms with Crippen LogP contribution >= 0.6 is 0 Å². The number of benzene rings is 2. The number of amides is 2. The summed E-state index contributed by atoms with van der Waals surface area (Å²) in [6.07, 6.45) is 0. The molecule has 2 rings (SSSR count). The van der Waals surface area contributed by atoms with Crippen molar-refractivity contribution in [2.75, 3.05) is 32.6 Å². The Morgan fingerprint density at radius 1 is 1.09 bits per heavy atom. The average Bonchev–Trinajstić information content (AvgIpc) is 2.57. The number of nitrogens with zero attached hydrogens (tertiary/aromatic N) is 1. The van der Waals surface area contributed by atoms with E-state index < -0.39 is 0 Å². The molecule has 2 aromatic rings. The predicted octanol–water partition coefficient (Wildman–Crippen LogP) is 3.38. The number of rotatable bonds is 6. The van der Waals surface area contributed by atoms with E-state index in [4.69, 9.17) is 9.47 Å². The van der Waals surface area contributed by atoms with Crippen LogP contribution in [-0.2, 0) is 0 Å². The zero-order valence-corrected chi connectivity index (χ0v) is 13.1. The summed E-state index contributed by atoms with van der Waals surface area (Å²) >= 11 is 0. The first-order chi connectivity index (χ1) is 11.1. The fraction of sp³-hybridized carbons (Fsp3) is 0.235. The first-order valence-electron chi connectivity index (χ1n) is 7.13. The van der Waals surface area contributed by atoms with Gasteiger partial charge < -0.3 is 19.7 Å². The van der Waals surface area contributed by atoms with Crippen molar-refractivity contribution in [3.05, 3.63) is 54.3 Å². The molecular formula is C17H19FN2O3. The number of hydrogen-bond acceptors (Lipinski definition) is 3. The molecule has 0 radical (unpaired) electrons. The van der Waals surface area contributed by atoms with Gasteiger partial charge in [-0.15, -0.1) is 0 Å². The number of methoxy groups -OCH3 is 1. The summed E-state index contributed by atoms with van der Waals surface area (Å²) in [6.45, 7) is 0.777. The highest BCUT2D eigenvalue weighted by Gasteiger charge is 2.08. The molecule has 0 aliphatic rings. The Labute approximate surface area is 134 Å². The van der Waals surface area contributed by atoms with Crippen molar-refractivity contribution in [2.45, 2.75) is 0 Å². The smallest absolute Gasteiger partial charge is 0.321 e. The minimum Gasteiger partial charge on any atom is -0.497 e. The van der Waals surface area contributed by atoms with E-state index in [9.17, 15) is 9.18 Å². The Morgan fingerprint density at radius 3 is 2.30 bits per heavy atom. The maximum atomic E-state index is 12.8. The third-order valence-corrected chi connectivity index (χ3v) is 3.20. The van der Waals surface area contributed by atoms with Crippen LogP contribution in [0.5, 0.6) is 11.5 Å². The Morgan fingerprint density at radius 2 is 1.70 bits per heavy atom. The zero-order chi connectivity index (χ0) is 16.7. The van der Waals surface area contributed by atoms with E-state index in [1.807, 2.05) is 0 Å². The predicted molar refractivity (Wildman–Crippen MR) is 86.5 cm³/mol. The highest BCUT2D eigenvalue weighted by Crippen LogP contribution is 2.16. The van der Waals surface area contributed by atoms with Crippen LogP contribution < -0.4 is 14.8 Å². The van der Waals surface area contributed by atoms with E-state index in [-0.39, 0.29) is 11.8 Å². The molecule has 122 valence electrons. The Kier molecular flexibility index (Phi) is 5.80. The van der Waals surface area contributed by atoms with Crippen LogP contribution in [0, 0.1) is 5.82 Å². The molecule has 0 unspecified atom stereocenters. The Hall–Kier alpha value is -2.76. The molecule has 0 fully saturated rings. The van der Waals surface area contributed by atoms with Gasteiger partial charge >= 0.3 is 6.03 Å². The van der Waals surface area contributed by atoms with Crippen LogP contribution in [0.25, 0.3) is 0 Å². The van der Waals surface area contributed by atoms with Gasteiger partial charge in [0, 0.05) is 12.7 Å². The molecule has 0 saturated carbocycles. The van der Waals surface area contributed by atoms with Gasteiger partial charge in [0.05, 0.1) is 13.7 Å². The number of hydrogen-bond donors (Lipinski definition) is 1. The van der Waals surface area contributed by atoms with Crippen LogP contribution in [0.2, 0.25) is 0 Å². The van der Waals surface area contributed by atoms with Crippen LogP contribution in [0.3, 0.4) is 0 Å². The number of ether oxygens (including phenoxy) is 2. The first kappa shape index (κ1) is 16.6. The molecule has 0 aromatic heterocycles. The van der Waals surface area contributed by atoms with Crippen LogP contribution in [0.15, 0.2) is 48.5 Å². The maximum Gasteiger partial charge on any atom is 0.321 e.